The maximum Gasteiger partial charge on any atom is 0.254 e. The molecule has 4 rings (SSSR count). The zero-order valence-corrected chi connectivity index (χ0v) is 17.6. The lowest BCUT2D eigenvalue weighted by atomic mass is 10.1. The van der Waals surface area contributed by atoms with E-state index in [1.54, 1.807) is 19.0 Å². The zero-order chi connectivity index (χ0) is 22.1. The number of β-amino-alcohol motifs (C(OH)–C–C–N with tert-alkyl or cyclic N) is 1. The van der Waals surface area contributed by atoms with Crippen LogP contribution in [0.5, 0.6) is 0 Å². The maximum absolute atomic E-state index is 12.5. The molecule has 2 heterocycles. The van der Waals surface area contributed by atoms with Gasteiger partial charge in [0.1, 0.15) is 11.9 Å². The number of nitrogens with two attached hydrogens (primary N) is 1. The normalized spacial score (nSPS) is 20.4. The first kappa shape index (κ1) is 20.9. The first-order valence-electron chi connectivity index (χ1n) is 10.3. The number of aliphatic hydroxyl groups excluding tert-OH is 1. The van der Waals surface area contributed by atoms with Crippen molar-refractivity contribution in [2.24, 2.45) is 5.73 Å². The summed E-state index contributed by atoms with van der Waals surface area (Å²) in [7, 11) is 3.43. The molecule has 1 aliphatic carbocycles. The fraction of sp³-hybridized carbons (Fsp3) is 0.429. The molecule has 2 aromatic rings. The number of aromatic nitrogens is 2. The molecule has 2 unspecified atom stereocenters. The van der Waals surface area contributed by atoms with Gasteiger partial charge in [0.05, 0.1) is 11.7 Å². The van der Waals surface area contributed by atoms with Crippen molar-refractivity contribution < 1.29 is 14.7 Å². The molecule has 1 aromatic heterocycles. The maximum atomic E-state index is 12.5. The number of benzene rings is 1. The van der Waals surface area contributed by atoms with Gasteiger partial charge in [0.15, 0.2) is 0 Å². The summed E-state index contributed by atoms with van der Waals surface area (Å²) in [6, 6.07) is 7.42. The Labute approximate surface area is 180 Å². The van der Waals surface area contributed by atoms with Crippen LogP contribution in [0.3, 0.4) is 0 Å². The summed E-state index contributed by atoms with van der Waals surface area (Å²) < 4.78 is 0. The van der Waals surface area contributed by atoms with Gasteiger partial charge in [-0.2, -0.15) is 4.98 Å². The van der Waals surface area contributed by atoms with Gasteiger partial charge < -0.3 is 31.3 Å². The number of carbonyl (C=O) groups excluding carboxylic acids is 2. The summed E-state index contributed by atoms with van der Waals surface area (Å²) in [5, 5.41) is 16.4. The molecule has 1 aliphatic heterocycles. The Morgan fingerprint density at radius 2 is 1.94 bits per heavy atom. The molecule has 2 atom stereocenters. The Bertz CT molecular complexity index is 975. The van der Waals surface area contributed by atoms with Crippen molar-refractivity contribution in [3.05, 3.63) is 36.0 Å². The number of hydrogen-bond acceptors (Lipinski definition) is 8. The van der Waals surface area contributed by atoms with E-state index in [0.29, 0.717) is 30.8 Å². The second-order valence-electron chi connectivity index (χ2n) is 8.20. The lowest BCUT2D eigenvalue weighted by Crippen LogP contribution is -2.42. The number of carbonyl (C=O) groups is 2. The van der Waals surface area contributed by atoms with Gasteiger partial charge in [-0.1, -0.05) is 0 Å². The van der Waals surface area contributed by atoms with E-state index in [2.05, 4.69) is 20.6 Å². The molecule has 10 heteroatoms. The molecule has 10 nitrogen and oxygen atoms in total. The number of likely N-dealkylation sites (N-methyl/N-ethyl adjacent to an activating group) is 1. The highest BCUT2D eigenvalue weighted by Gasteiger charge is 2.36. The van der Waals surface area contributed by atoms with Crippen LogP contribution < -0.4 is 21.3 Å². The largest absolute Gasteiger partial charge is 0.391 e. The fourth-order valence-corrected chi connectivity index (χ4v) is 3.65. The average molecular weight is 425 g/mol. The molecule has 0 spiro atoms. The van der Waals surface area contributed by atoms with Crippen molar-refractivity contribution in [3.8, 4) is 0 Å². The van der Waals surface area contributed by atoms with Gasteiger partial charge in [0.2, 0.25) is 11.9 Å². The van der Waals surface area contributed by atoms with Gasteiger partial charge >= 0.3 is 0 Å². The monoisotopic (exact) mass is 425 g/mol. The van der Waals surface area contributed by atoms with Crippen LogP contribution >= 0.6 is 0 Å². The summed E-state index contributed by atoms with van der Waals surface area (Å²) in [5.41, 5.74) is 7.29. The van der Waals surface area contributed by atoms with E-state index in [9.17, 15) is 14.7 Å². The van der Waals surface area contributed by atoms with Gasteiger partial charge in [-0.3, -0.25) is 9.59 Å². The van der Waals surface area contributed by atoms with Crippen LogP contribution in [0.25, 0.3) is 0 Å². The molecule has 2 aliphatic rings. The van der Waals surface area contributed by atoms with Crippen LogP contribution in [-0.2, 0) is 4.79 Å². The zero-order valence-electron chi connectivity index (χ0n) is 17.6. The highest BCUT2D eigenvalue weighted by molar-refractivity contribution is 5.97. The molecule has 164 valence electrons. The van der Waals surface area contributed by atoms with E-state index in [1.807, 2.05) is 29.2 Å². The number of aliphatic hydroxyl groups is 1. The fourth-order valence-electron chi connectivity index (χ4n) is 3.65. The highest BCUT2D eigenvalue weighted by atomic mass is 16.3. The highest BCUT2D eigenvalue weighted by Crippen LogP contribution is 2.29. The summed E-state index contributed by atoms with van der Waals surface area (Å²) in [6.07, 6.45) is 3.36. The van der Waals surface area contributed by atoms with Crippen LogP contribution in [0.15, 0.2) is 30.5 Å². The first-order chi connectivity index (χ1) is 14.8. The van der Waals surface area contributed by atoms with Crippen molar-refractivity contribution in [1.82, 2.24) is 14.9 Å². The lowest BCUT2D eigenvalue weighted by Gasteiger charge is -2.27. The Morgan fingerprint density at radius 3 is 2.55 bits per heavy atom. The number of amides is 2. The molecule has 1 saturated heterocycles. The second-order valence-corrected chi connectivity index (χ2v) is 8.20. The number of primary amides is 1. The molecule has 1 aromatic carbocycles. The van der Waals surface area contributed by atoms with Gasteiger partial charge in [-0.15, -0.1) is 0 Å². The van der Waals surface area contributed by atoms with Crippen molar-refractivity contribution in [2.75, 3.05) is 36.2 Å². The van der Waals surface area contributed by atoms with E-state index >= 15 is 0 Å². The van der Waals surface area contributed by atoms with Gasteiger partial charge in [-0.25, -0.2) is 4.98 Å². The number of nitrogens with one attached hydrogen (secondary N) is 2. The van der Waals surface area contributed by atoms with Crippen LogP contribution in [0.4, 0.5) is 23.1 Å². The summed E-state index contributed by atoms with van der Waals surface area (Å²) in [4.78, 5) is 36.2. The number of rotatable bonds is 7. The quantitative estimate of drug-likeness (QED) is 0.514. The van der Waals surface area contributed by atoms with E-state index in [-0.39, 0.29) is 17.5 Å². The minimum absolute atomic E-state index is 0.0302. The SMILES string of the molecule is CN(C)C(=O)C1CC(O)CN1c1ccc(Nc2ncc(C(N)=O)c(NC3CC3)n2)cc1. The predicted molar refractivity (Wildman–Crippen MR) is 117 cm³/mol. The van der Waals surface area contributed by atoms with Crippen LogP contribution in [0.2, 0.25) is 0 Å². The third kappa shape index (κ3) is 4.69. The summed E-state index contributed by atoms with van der Waals surface area (Å²) in [5.74, 6) is 0.171. The van der Waals surface area contributed by atoms with Crippen LogP contribution in [-0.4, -0.2) is 70.6 Å². The molecule has 5 N–H and O–H groups in total. The lowest BCUT2D eigenvalue weighted by molar-refractivity contribution is -0.130. The summed E-state index contributed by atoms with van der Waals surface area (Å²) >= 11 is 0. The van der Waals surface area contributed by atoms with E-state index in [4.69, 9.17) is 5.73 Å². The smallest absolute Gasteiger partial charge is 0.254 e. The van der Waals surface area contributed by atoms with Gasteiger partial charge in [0, 0.05) is 50.7 Å². The van der Waals surface area contributed by atoms with Crippen molar-refractivity contribution >= 4 is 35.0 Å². The van der Waals surface area contributed by atoms with Crippen LogP contribution in [0.1, 0.15) is 29.6 Å². The Kier molecular flexibility index (Phi) is 5.64. The molecular formula is C21H27N7O3. The summed E-state index contributed by atoms with van der Waals surface area (Å²) in [6.45, 7) is 0.408. The van der Waals surface area contributed by atoms with Gasteiger partial charge in [0.25, 0.3) is 5.91 Å². The van der Waals surface area contributed by atoms with Gasteiger partial charge in [-0.05, 0) is 37.1 Å². The number of nitrogens with zero attached hydrogens (tertiary/aromatic N) is 4. The number of hydrogen-bond donors (Lipinski definition) is 4. The number of anilines is 4. The molecule has 31 heavy (non-hydrogen) atoms. The molecule has 1 saturated carbocycles. The van der Waals surface area contributed by atoms with Crippen molar-refractivity contribution in [3.63, 3.8) is 0 Å². The molecular weight excluding hydrogens is 398 g/mol. The second kappa shape index (κ2) is 8.38. The Balaban J connectivity index is 1.49. The minimum Gasteiger partial charge on any atom is -0.391 e. The van der Waals surface area contributed by atoms with Crippen LogP contribution in [0, 0.1) is 0 Å². The molecule has 0 bridgehead atoms. The predicted octanol–water partition coefficient (Wildman–Crippen LogP) is 0.921. The first-order valence-corrected chi connectivity index (χ1v) is 10.3. The van der Waals surface area contributed by atoms with Crippen molar-refractivity contribution in [2.45, 2.75) is 37.5 Å². The molecule has 0 radical (unpaired) electrons. The molecule has 2 amide bonds. The van der Waals surface area contributed by atoms with E-state index < -0.39 is 12.0 Å². The third-order valence-corrected chi connectivity index (χ3v) is 5.43. The Morgan fingerprint density at radius 1 is 1.23 bits per heavy atom. The topological polar surface area (TPSA) is 137 Å². The van der Waals surface area contributed by atoms with E-state index in [1.165, 1.54) is 6.20 Å². The molecule has 2 fully saturated rings. The minimum atomic E-state index is -0.575. The Hall–Kier alpha value is -3.40. The van der Waals surface area contributed by atoms with Crippen molar-refractivity contribution in [1.29, 1.82) is 0 Å². The van der Waals surface area contributed by atoms with E-state index in [0.717, 1.165) is 24.2 Å². The third-order valence-electron chi connectivity index (χ3n) is 5.43. The standard InChI is InChI=1S/C21H27N7O3/c1-27(2)20(31)17-9-15(29)11-28(17)14-7-5-13(6-8-14)25-21-23-10-16(18(22)30)19(26-21)24-12-3-4-12/h5-8,10,12,15,17,29H,3-4,9,11H2,1-2H3,(H2,22,30)(H2,23,24,25,26). The average Bonchev–Trinajstić information content (AvgIpc) is 3.46.